The molecule has 276 valence electrons. The van der Waals surface area contributed by atoms with E-state index in [0.717, 1.165) is 0 Å². The van der Waals surface area contributed by atoms with Crippen molar-refractivity contribution in [2.75, 3.05) is 0 Å². The third-order valence-electron chi connectivity index (χ3n) is 11.4. The highest BCUT2D eigenvalue weighted by atomic mass is 16.6. The summed E-state index contributed by atoms with van der Waals surface area (Å²) in [5.74, 6) is -4.63. The zero-order valence-corrected chi connectivity index (χ0v) is 31.5. The van der Waals surface area contributed by atoms with Crippen LogP contribution in [0.2, 0.25) is 0 Å². The van der Waals surface area contributed by atoms with Crippen LogP contribution in [0.25, 0.3) is 0 Å². The Balaban J connectivity index is 1.60. The van der Waals surface area contributed by atoms with Crippen LogP contribution in [-0.4, -0.2) is 100 Å². The lowest BCUT2D eigenvalue weighted by Gasteiger charge is -2.51. The van der Waals surface area contributed by atoms with E-state index in [1.165, 1.54) is 15.2 Å². The van der Waals surface area contributed by atoms with E-state index in [9.17, 15) is 30.0 Å². The number of ether oxygens (including phenoxy) is 3. The van der Waals surface area contributed by atoms with Gasteiger partial charge in [0.1, 0.15) is 18.3 Å². The highest BCUT2D eigenvalue weighted by molar-refractivity contribution is 5.88. The molecule has 3 aliphatic heterocycles. The SMILES string of the molecule is CC1(C)CC(OC(=O)C2CCCC(C(=O)OC3CC(C)(C)N(O)C(C)(C)C3)C2C(=O)OC2CC(C)(C)N(O)C(C)(C)C2)CC(C)(C)N1O. The van der Waals surface area contributed by atoms with E-state index in [1.54, 1.807) is 0 Å². The fourth-order valence-electron chi connectivity index (χ4n) is 9.59. The lowest BCUT2D eigenvalue weighted by Crippen LogP contribution is -2.61. The number of carbonyl (C=O) groups is 3. The van der Waals surface area contributed by atoms with E-state index in [1.807, 2.05) is 83.1 Å². The van der Waals surface area contributed by atoms with Crippen molar-refractivity contribution in [1.82, 2.24) is 15.2 Å². The molecule has 0 radical (unpaired) electrons. The number of hydrogen-bond acceptors (Lipinski definition) is 12. The summed E-state index contributed by atoms with van der Waals surface area (Å²) in [5.41, 5.74) is -3.90. The molecular formula is C36H63N3O9. The topological polar surface area (TPSA) is 149 Å². The molecule has 12 nitrogen and oxygen atoms in total. The van der Waals surface area contributed by atoms with Crippen molar-refractivity contribution >= 4 is 17.9 Å². The predicted molar refractivity (Wildman–Crippen MR) is 177 cm³/mol. The van der Waals surface area contributed by atoms with Crippen LogP contribution < -0.4 is 0 Å². The van der Waals surface area contributed by atoms with Crippen molar-refractivity contribution in [3.8, 4) is 0 Å². The first-order valence-corrected chi connectivity index (χ1v) is 17.8. The van der Waals surface area contributed by atoms with Crippen LogP contribution >= 0.6 is 0 Å². The minimum absolute atomic E-state index is 0.364. The molecule has 3 saturated heterocycles. The Labute approximate surface area is 287 Å². The van der Waals surface area contributed by atoms with Gasteiger partial charge in [-0.1, -0.05) is 6.42 Å². The zero-order valence-electron chi connectivity index (χ0n) is 31.5. The molecule has 1 aliphatic carbocycles. The van der Waals surface area contributed by atoms with Crippen molar-refractivity contribution in [3.63, 3.8) is 0 Å². The van der Waals surface area contributed by atoms with E-state index >= 15 is 0 Å². The Hall–Kier alpha value is -1.83. The van der Waals surface area contributed by atoms with Crippen molar-refractivity contribution in [2.45, 2.75) is 192 Å². The molecule has 4 rings (SSSR count). The third-order valence-corrected chi connectivity index (χ3v) is 11.4. The Kier molecular flexibility index (Phi) is 10.6. The van der Waals surface area contributed by atoms with E-state index < -0.39 is 87.2 Å². The highest BCUT2D eigenvalue weighted by Gasteiger charge is 2.54. The first kappa shape index (κ1) is 39.0. The van der Waals surface area contributed by atoms with Gasteiger partial charge < -0.3 is 29.8 Å². The summed E-state index contributed by atoms with van der Waals surface area (Å²) in [7, 11) is 0. The van der Waals surface area contributed by atoms with Crippen LogP contribution in [0, 0.1) is 17.8 Å². The van der Waals surface area contributed by atoms with Gasteiger partial charge in [-0.15, -0.1) is 0 Å². The second kappa shape index (κ2) is 13.1. The molecule has 12 heteroatoms. The summed E-state index contributed by atoms with van der Waals surface area (Å²) in [4.78, 5) is 42.4. The maximum absolute atomic E-state index is 14.3. The summed E-state index contributed by atoms with van der Waals surface area (Å²) >= 11 is 0. The fraction of sp³-hybridized carbons (Fsp3) is 0.917. The van der Waals surface area contributed by atoms with Crippen LogP contribution in [0.15, 0.2) is 0 Å². The normalized spacial score (nSPS) is 32.7. The molecule has 2 unspecified atom stereocenters. The van der Waals surface area contributed by atoms with E-state index in [2.05, 4.69) is 0 Å². The quantitative estimate of drug-likeness (QED) is 0.227. The van der Waals surface area contributed by atoms with Gasteiger partial charge in [0, 0.05) is 71.8 Å². The van der Waals surface area contributed by atoms with E-state index in [-0.39, 0.29) is 0 Å². The molecule has 0 aromatic heterocycles. The highest BCUT2D eigenvalue weighted by Crippen LogP contribution is 2.44. The van der Waals surface area contributed by atoms with Crippen LogP contribution in [0.1, 0.15) is 141 Å². The lowest BCUT2D eigenvalue weighted by atomic mass is 9.71. The summed E-state index contributed by atoms with van der Waals surface area (Å²) in [5, 5.41) is 36.3. The number of nitrogens with zero attached hydrogens (tertiary/aromatic N) is 3. The van der Waals surface area contributed by atoms with Gasteiger partial charge in [-0.3, -0.25) is 14.4 Å². The molecule has 0 amide bonds. The summed E-state index contributed by atoms with van der Waals surface area (Å²) in [6.07, 6.45) is 2.14. The minimum Gasteiger partial charge on any atom is -0.462 e. The molecule has 0 aromatic carbocycles. The zero-order chi connectivity index (χ0) is 36.4. The monoisotopic (exact) mass is 681 g/mol. The number of hydrogen-bond donors (Lipinski definition) is 3. The molecule has 2 atom stereocenters. The average Bonchev–Trinajstić information content (AvgIpc) is 2.91. The Morgan fingerprint density at radius 3 is 0.938 bits per heavy atom. The van der Waals surface area contributed by atoms with Gasteiger partial charge in [0.2, 0.25) is 0 Å². The maximum Gasteiger partial charge on any atom is 0.310 e. The van der Waals surface area contributed by atoms with Gasteiger partial charge in [-0.25, -0.2) is 0 Å². The first-order valence-electron chi connectivity index (χ1n) is 17.8. The summed E-state index contributed by atoms with van der Waals surface area (Å²) < 4.78 is 18.5. The lowest BCUT2D eigenvalue weighted by molar-refractivity contribution is -0.262. The number of hydroxylamine groups is 6. The second-order valence-electron chi connectivity index (χ2n) is 18.9. The minimum atomic E-state index is -1.10. The van der Waals surface area contributed by atoms with Gasteiger partial charge in [-0.2, -0.15) is 15.2 Å². The van der Waals surface area contributed by atoms with Gasteiger partial charge in [0.15, 0.2) is 0 Å². The molecule has 3 N–H and O–H groups in total. The number of esters is 3. The van der Waals surface area contributed by atoms with Crippen molar-refractivity contribution in [3.05, 3.63) is 0 Å². The maximum atomic E-state index is 14.3. The molecule has 4 fully saturated rings. The van der Waals surface area contributed by atoms with Gasteiger partial charge in [-0.05, 0) is 95.9 Å². The largest absolute Gasteiger partial charge is 0.462 e. The Bertz CT molecular complexity index is 1110. The van der Waals surface area contributed by atoms with Gasteiger partial charge in [0.05, 0.1) is 17.8 Å². The first-order chi connectivity index (χ1) is 21.7. The van der Waals surface area contributed by atoms with Crippen molar-refractivity contribution < 1.29 is 44.2 Å². The van der Waals surface area contributed by atoms with Crippen LogP contribution in [0.5, 0.6) is 0 Å². The molecule has 0 spiro atoms. The average molecular weight is 682 g/mol. The molecular weight excluding hydrogens is 618 g/mol. The molecule has 48 heavy (non-hydrogen) atoms. The molecule has 3 heterocycles. The molecule has 0 aromatic rings. The smallest absolute Gasteiger partial charge is 0.310 e. The van der Waals surface area contributed by atoms with Gasteiger partial charge in [0.25, 0.3) is 0 Å². The Morgan fingerprint density at radius 1 is 0.458 bits per heavy atom. The molecule has 0 bridgehead atoms. The summed E-state index contributed by atoms with van der Waals surface area (Å²) in [6, 6.07) is 0. The molecule has 1 saturated carbocycles. The van der Waals surface area contributed by atoms with E-state index in [0.29, 0.717) is 57.8 Å². The van der Waals surface area contributed by atoms with Crippen molar-refractivity contribution in [1.29, 1.82) is 0 Å². The van der Waals surface area contributed by atoms with Crippen LogP contribution in [0.3, 0.4) is 0 Å². The van der Waals surface area contributed by atoms with Gasteiger partial charge >= 0.3 is 17.9 Å². The fourth-order valence-corrected chi connectivity index (χ4v) is 9.59. The number of rotatable bonds is 6. The van der Waals surface area contributed by atoms with Crippen molar-refractivity contribution in [2.24, 2.45) is 17.8 Å². The number of carbonyl (C=O) groups excluding carboxylic acids is 3. The third kappa shape index (κ3) is 7.89. The standard InChI is InChI=1S/C36H63N3O9/c1-31(2)16-22(17-32(3,4)37(31)43)46-28(40)25-14-13-15-26(29(41)47-23-18-33(5,6)38(44)34(7,8)19-23)27(25)30(42)48-24-20-35(9,10)39(45)36(11,12)21-24/h22-27,43-45H,13-21H2,1-12H3. The van der Waals surface area contributed by atoms with E-state index in [4.69, 9.17) is 14.2 Å². The van der Waals surface area contributed by atoms with Crippen LogP contribution in [0.4, 0.5) is 0 Å². The predicted octanol–water partition coefficient (Wildman–Crippen LogP) is 5.88. The molecule has 4 aliphatic rings. The Morgan fingerprint density at radius 2 is 0.688 bits per heavy atom. The van der Waals surface area contributed by atoms with Crippen LogP contribution in [-0.2, 0) is 28.6 Å². The summed E-state index contributed by atoms with van der Waals surface area (Å²) in [6.45, 7) is 22.7. The number of piperidine rings is 3. The second-order valence-corrected chi connectivity index (χ2v) is 18.9.